The van der Waals surface area contributed by atoms with Crippen molar-refractivity contribution in [3.8, 4) is 0 Å². The first-order chi connectivity index (χ1) is 7.22. The topological polar surface area (TPSA) is 12.0 Å². The van der Waals surface area contributed by atoms with Crippen molar-refractivity contribution in [1.82, 2.24) is 5.32 Å². The first kappa shape index (κ1) is 12.3. The Morgan fingerprint density at radius 1 is 1.13 bits per heavy atom. The molecule has 84 valence electrons. The molecule has 0 saturated heterocycles. The SMILES string of the molecule is CCC(CNC(C)C)Cc1ccccc1. The predicted molar refractivity (Wildman–Crippen MR) is 67.1 cm³/mol. The second-order valence-corrected chi connectivity index (χ2v) is 4.53. The van der Waals surface area contributed by atoms with Crippen molar-refractivity contribution in [2.75, 3.05) is 6.54 Å². The largest absolute Gasteiger partial charge is 0.314 e. The van der Waals surface area contributed by atoms with Crippen LogP contribution in [0.1, 0.15) is 32.8 Å². The molecule has 0 heterocycles. The Hall–Kier alpha value is -0.820. The zero-order chi connectivity index (χ0) is 11.1. The fourth-order valence-electron chi connectivity index (χ4n) is 1.71. The van der Waals surface area contributed by atoms with Crippen LogP contribution in [0.2, 0.25) is 0 Å². The minimum Gasteiger partial charge on any atom is -0.314 e. The van der Waals surface area contributed by atoms with Crippen LogP contribution in [0.25, 0.3) is 0 Å². The molecule has 1 heteroatoms. The molecule has 1 nitrogen and oxygen atoms in total. The Morgan fingerprint density at radius 3 is 2.33 bits per heavy atom. The normalized spacial score (nSPS) is 13.1. The molecule has 0 fully saturated rings. The molecule has 1 atom stereocenters. The van der Waals surface area contributed by atoms with E-state index in [2.05, 4.69) is 56.4 Å². The van der Waals surface area contributed by atoms with Crippen molar-refractivity contribution in [2.45, 2.75) is 39.7 Å². The summed E-state index contributed by atoms with van der Waals surface area (Å²) in [6.07, 6.45) is 2.44. The Kier molecular flexibility index (Phi) is 5.41. The standard InChI is InChI=1S/C14H23N/c1-4-13(11-15-12(2)3)10-14-8-6-5-7-9-14/h5-9,12-13,15H,4,10-11H2,1-3H3. The van der Waals surface area contributed by atoms with Crippen molar-refractivity contribution in [1.29, 1.82) is 0 Å². The third-order valence-corrected chi connectivity index (χ3v) is 2.76. The number of benzene rings is 1. The molecule has 0 spiro atoms. The van der Waals surface area contributed by atoms with Crippen molar-refractivity contribution in [3.05, 3.63) is 35.9 Å². The number of rotatable bonds is 6. The third-order valence-electron chi connectivity index (χ3n) is 2.76. The highest BCUT2D eigenvalue weighted by atomic mass is 14.9. The lowest BCUT2D eigenvalue weighted by atomic mass is 9.97. The van der Waals surface area contributed by atoms with Gasteiger partial charge in [0.05, 0.1) is 0 Å². The van der Waals surface area contributed by atoms with Gasteiger partial charge >= 0.3 is 0 Å². The minimum atomic E-state index is 0.592. The number of hydrogen-bond acceptors (Lipinski definition) is 1. The summed E-state index contributed by atoms with van der Waals surface area (Å²) in [5, 5.41) is 3.52. The Labute approximate surface area is 93.9 Å². The molecule has 0 aromatic heterocycles. The van der Waals surface area contributed by atoms with Crippen LogP contribution in [0.3, 0.4) is 0 Å². The van der Waals surface area contributed by atoms with Crippen LogP contribution in [-0.2, 0) is 6.42 Å². The molecular formula is C14H23N. The molecule has 1 unspecified atom stereocenters. The van der Waals surface area contributed by atoms with E-state index >= 15 is 0 Å². The molecule has 1 N–H and O–H groups in total. The molecule has 0 radical (unpaired) electrons. The quantitative estimate of drug-likeness (QED) is 0.751. The van der Waals surface area contributed by atoms with Crippen molar-refractivity contribution in [3.63, 3.8) is 0 Å². The summed E-state index contributed by atoms with van der Waals surface area (Å²) in [5.41, 5.74) is 1.45. The highest BCUT2D eigenvalue weighted by Gasteiger charge is 2.07. The van der Waals surface area contributed by atoms with Crippen LogP contribution in [0.15, 0.2) is 30.3 Å². The molecule has 0 aliphatic heterocycles. The van der Waals surface area contributed by atoms with Crippen molar-refractivity contribution in [2.24, 2.45) is 5.92 Å². The molecule has 0 aliphatic carbocycles. The Bertz CT molecular complexity index is 253. The number of nitrogens with one attached hydrogen (secondary N) is 1. The minimum absolute atomic E-state index is 0.592. The molecule has 1 rings (SSSR count). The molecule has 15 heavy (non-hydrogen) atoms. The van der Waals surface area contributed by atoms with Gasteiger partial charge < -0.3 is 5.32 Å². The van der Waals surface area contributed by atoms with Crippen LogP contribution < -0.4 is 5.32 Å². The predicted octanol–water partition coefficient (Wildman–Crippen LogP) is 3.25. The highest BCUT2D eigenvalue weighted by Crippen LogP contribution is 2.11. The van der Waals surface area contributed by atoms with Crippen LogP contribution in [0.5, 0.6) is 0 Å². The van der Waals surface area contributed by atoms with Crippen molar-refractivity contribution >= 4 is 0 Å². The van der Waals surface area contributed by atoms with E-state index in [0.717, 1.165) is 12.5 Å². The first-order valence-corrected chi connectivity index (χ1v) is 5.99. The number of hydrogen-bond donors (Lipinski definition) is 1. The molecule has 1 aromatic rings. The average molecular weight is 205 g/mol. The highest BCUT2D eigenvalue weighted by molar-refractivity contribution is 5.15. The van der Waals surface area contributed by atoms with Gasteiger partial charge in [0.15, 0.2) is 0 Å². The first-order valence-electron chi connectivity index (χ1n) is 5.99. The van der Waals surface area contributed by atoms with Gasteiger partial charge in [-0.05, 0) is 24.4 Å². The lowest BCUT2D eigenvalue weighted by molar-refractivity contribution is 0.436. The van der Waals surface area contributed by atoms with E-state index in [0.29, 0.717) is 6.04 Å². The fourth-order valence-corrected chi connectivity index (χ4v) is 1.71. The van der Waals surface area contributed by atoms with Crippen LogP contribution in [0.4, 0.5) is 0 Å². The van der Waals surface area contributed by atoms with E-state index in [9.17, 15) is 0 Å². The summed E-state index contributed by atoms with van der Waals surface area (Å²) in [5.74, 6) is 0.759. The Balaban J connectivity index is 2.40. The monoisotopic (exact) mass is 205 g/mol. The summed E-state index contributed by atoms with van der Waals surface area (Å²) in [6, 6.07) is 11.4. The maximum atomic E-state index is 3.52. The molecule has 1 aromatic carbocycles. The zero-order valence-corrected chi connectivity index (χ0v) is 10.2. The molecule has 0 saturated carbocycles. The lowest BCUT2D eigenvalue weighted by Gasteiger charge is -2.17. The van der Waals surface area contributed by atoms with Crippen LogP contribution >= 0.6 is 0 Å². The smallest absolute Gasteiger partial charge is 0.00104 e. The summed E-state index contributed by atoms with van der Waals surface area (Å²) < 4.78 is 0. The van der Waals surface area contributed by atoms with E-state index in [1.54, 1.807) is 0 Å². The fraction of sp³-hybridized carbons (Fsp3) is 0.571. The van der Waals surface area contributed by atoms with Crippen LogP contribution in [-0.4, -0.2) is 12.6 Å². The van der Waals surface area contributed by atoms with Gasteiger partial charge in [0.1, 0.15) is 0 Å². The van der Waals surface area contributed by atoms with Gasteiger partial charge in [0.2, 0.25) is 0 Å². The van der Waals surface area contributed by atoms with Crippen LogP contribution in [0, 0.1) is 5.92 Å². The molecule has 0 amide bonds. The summed E-state index contributed by atoms with van der Waals surface area (Å²) in [4.78, 5) is 0. The van der Waals surface area contributed by atoms with Gasteiger partial charge in [-0.25, -0.2) is 0 Å². The van der Waals surface area contributed by atoms with Gasteiger partial charge in [0.25, 0.3) is 0 Å². The van der Waals surface area contributed by atoms with E-state index in [-0.39, 0.29) is 0 Å². The summed E-state index contributed by atoms with van der Waals surface area (Å²) in [6.45, 7) is 7.81. The van der Waals surface area contributed by atoms with Gasteiger partial charge in [-0.1, -0.05) is 57.5 Å². The third kappa shape index (κ3) is 4.98. The zero-order valence-electron chi connectivity index (χ0n) is 10.2. The molecular weight excluding hydrogens is 182 g/mol. The molecule has 0 bridgehead atoms. The van der Waals surface area contributed by atoms with E-state index in [1.807, 2.05) is 0 Å². The summed E-state index contributed by atoms with van der Waals surface area (Å²) >= 11 is 0. The maximum absolute atomic E-state index is 3.52. The Morgan fingerprint density at radius 2 is 1.80 bits per heavy atom. The van der Waals surface area contributed by atoms with Gasteiger partial charge in [-0.2, -0.15) is 0 Å². The lowest BCUT2D eigenvalue weighted by Crippen LogP contribution is -2.29. The van der Waals surface area contributed by atoms with Gasteiger partial charge in [-0.3, -0.25) is 0 Å². The van der Waals surface area contributed by atoms with Crippen molar-refractivity contribution < 1.29 is 0 Å². The average Bonchev–Trinajstić information content (AvgIpc) is 2.25. The van der Waals surface area contributed by atoms with Gasteiger partial charge in [-0.15, -0.1) is 0 Å². The second-order valence-electron chi connectivity index (χ2n) is 4.53. The summed E-state index contributed by atoms with van der Waals surface area (Å²) in [7, 11) is 0. The van der Waals surface area contributed by atoms with E-state index in [1.165, 1.54) is 18.4 Å². The second kappa shape index (κ2) is 6.62. The maximum Gasteiger partial charge on any atom is 0.00104 e. The molecule has 0 aliphatic rings. The van der Waals surface area contributed by atoms with E-state index in [4.69, 9.17) is 0 Å². The van der Waals surface area contributed by atoms with E-state index < -0.39 is 0 Å². The van der Waals surface area contributed by atoms with Gasteiger partial charge in [0, 0.05) is 6.04 Å².